The van der Waals surface area contributed by atoms with Crippen LogP contribution in [0.1, 0.15) is 5.56 Å². The second-order valence-electron chi connectivity index (χ2n) is 4.12. The Morgan fingerprint density at radius 3 is 2.71 bits per heavy atom. The SMILES string of the molecule is Cc1cc(F)cc(-c2nc3ccccc3[nH]2)c1. The molecule has 1 heterocycles. The van der Waals surface area contributed by atoms with Gasteiger partial charge in [0.05, 0.1) is 11.0 Å². The van der Waals surface area contributed by atoms with E-state index >= 15 is 0 Å². The molecule has 0 radical (unpaired) electrons. The van der Waals surface area contributed by atoms with Gasteiger partial charge in [-0.2, -0.15) is 0 Å². The maximum Gasteiger partial charge on any atom is 0.138 e. The smallest absolute Gasteiger partial charge is 0.138 e. The summed E-state index contributed by atoms with van der Waals surface area (Å²) in [6.45, 7) is 1.87. The number of halogens is 1. The summed E-state index contributed by atoms with van der Waals surface area (Å²) < 4.78 is 13.3. The van der Waals surface area contributed by atoms with E-state index in [1.54, 1.807) is 0 Å². The highest BCUT2D eigenvalue weighted by atomic mass is 19.1. The molecule has 0 aliphatic carbocycles. The number of hydrogen-bond acceptors (Lipinski definition) is 1. The largest absolute Gasteiger partial charge is 0.338 e. The Morgan fingerprint density at radius 1 is 1.12 bits per heavy atom. The average molecular weight is 226 g/mol. The lowest BCUT2D eigenvalue weighted by atomic mass is 10.1. The standard InChI is InChI=1S/C14H11FN2/c1-9-6-10(8-11(15)7-9)14-16-12-4-2-3-5-13(12)17-14/h2-8H,1H3,(H,16,17). The molecule has 3 heteroatoms. The van der Waals surface area contributed by atoms with E-state index in [0.29, 0.717) is 5.82 Å². The van der Waals surface area contributed by atoms with E-state index in [2.05, 4.69) is 9.97 Å². The first-order chi connectivity index (χ1) is 8.22. The highest BCUT2D eigenvalue weighted by molar-refractivity contribution is 5.79. The average Bonchev–Trinajstić information content (AvgIpc) is 2.71. The Bertz CT molecular complexity index is 632. The molecule has 3 rings (SSSR count). The van der Waals surface area contributed by atoms with Crippen LogP contribution in [-0.4, -0.2) is 9.97 Å². The summed E-state index contributed by atoms with van der Waals surface area (Å²) in [5.74, 6) is 0.467. The van der Waals surface area contributed by atoms with Crippen molar-refractivity contribution < 1.29 is 4.39 Å². The van der Waals surface area contributed by atoms with Crippen LogP contribution >= 0.6 is 0 Å². The molecule has 2 aromatic carbocycles. The minimum absolute atomic E-state index is 0.236. The van der Waals surface area contributed by atoms with Gasteiger partial charge in [0.1, 0.15) is 11.6 Å². The van der Waals surface area contributed by atoms with Gasteiger partial charge in [0.25, 0.3) is 0 Å². The van der Waals surface area contributed by atoms with Crippen molar-refractivity contribution in [2.24, 2.45) is 0 Å². The number of nitrogens with zero attached hydrogens (tertiary/aromatic N) is 1. The van der Waals surface area contributed by atoms with Crippen LogP contribution in [-0.2, 0) is 0 Å². The van der Waals surface area contributed by atoms with Gasteiger partial charge in [0.15, 0.2) is 0 Å². The quantitative estimate of drug-likeness (QED) is 0.673. The van der Waals surface area contributed by atoms with Crippen LogP contribution in [0.3, 0.4) is 0 Å². The van der Waals surface area contributed by atoms with Gasteiger partial charge < -0.3 is 4.98 Å². The van der Waals surface area contributed by atoms with Crippen LogP contribution in [0.5, 0.6) is 0 Å². The summed E-state index contributed by atoms with van der Waals surface area (Å²) in [6, 6.07) is 12.7. The molecular weight excluding hydrogens is 215 g/mol. The third kappa shape index (κ3) is 1.80. The van der Waals surface area contributed by atoms with Crippen molar-refractivity contribution in [3.05, 3.63) is 53.8 Å². The van der Waals surface area contributed by atoms with Gasteiger partial charge in [0, 0.05) is 5.56 Å². The lowest BCUT2D eigenvalue weighted by molar-refractivity contribution is 0.627. The highest BCUT2D eigenvalue weighted by Gasteiger charge is 2.06. The molecule has 1 aromatic heterocycles. The van der Waals surface area contributed by atoms with Gasteiger partial charge in [-0.05, 0) is 42.8 Å². The normalized spacial score (nSPS) is 10.9. The number of para-hydroxylation sites is 2. The van der Waals surface area contributed by atoms with Crippen molar-refractivity contribution in [2.45, 2.75) is 6.92 Å². The van der Waals surface area contributed by atoms with E-state index in [0.717, 1.165) is 22.2 Å². The number of nitrogens with one attached hydrogen (secondary N) is 1. The van der Waals surface area contributed by atoms with Crippen molar-refractivity contribution in [3.8, 4) is 11.4 Å². The molecule has 0 unspecified atom stereocenters. The fraction of sp³-hybridized carbons (Fsp3) is 0.0714. The Morgan fingerprint density at radius 2 is 1.94 bits per heavy atom. The third-order valence-corrected chi connectivity index (χ3v) is 2.70. The molecule has 0 fully saturated rings. The Hall–Kier alpha value is -2.16. The molecule has 0 aliphatic heterocycles. The third-order valence-electron chi connectivity index (χ3n) is 2.70. The number of hydrogen-bond donors (Lipinski definition) is 1. The molecular formula is C14H11FN2. The molecule has 0 atom stereocenters. The predicted octanol–water partition coefficient (Wildman–Crippen LogP) is 3.68. The summed E-state index contributed by atoms with van der Waals surface area (Å²) >= 11 is 0. The number of aromatic nitrogens is 2. The minimum Gasteiger partial charge on any atom is -0.338 e. The van der Waals surface area contributed by atoms with Crippen LogP contribution in [0.25, 0.3) is 22.4 Å². The minimum atomic E-state index is -0.236. The Kier molecular flexibility index (Phi) is 2.18. The van der Waals surface area contributed by atoms with Gasteiger partial charge in [-0.15, -0.1) is 0 Å². The summed E-state index contributed by atoms with van der Waals surface area (Å²) in [7, 11) is 0. The van der Waals surface area contributed by atoms with E-state index in [-0.39, 0.29) is 5.82 Å². The molecule has 1 N–H and O–H groups in total. The summed E-state index contributed by atoms with van der Waals surface area (Å²) in [6.07, 6.45) is 0. The number of aromatic amines is 1. The second-order valence-corrected chi connectivity index (χ2v) is 4.12. The van der Waals surface area contributed by atoms with E-state index in [1.165, 1.54) is 12.1 Å². The maximum atomic E-state index is 13.3. The number of fused-ring (bicyclic) bond motifs is 1. The van der Waals surface area contributed by atoms with Crippen molar-refractivity contribution >= 4 is 11.0 Å². The number of aryl methyl sites for hydroxylation is 1. The van der Waals surface area contributed by atoms with E-state index in [4.69, 9.17) is 0 Å². The Balaban J connectivity index is 2.20. The fourth-order valence-electron chi connectivity index (χ4n) is 1.96. The van der Waals surface area contributed by atoms with E-state index < -0.39 is 0 Å². The van der Waals surface area contributed by atoms with Gasteiger partial charge >= 0.3 is 0 Å². The first kappa shape index (κ1) is 10.0. The van der Waals surface area contributed by atoms with Gasteiger partial charge in [-0.1, -0.05) is 12.1 Å². The van der Waals surface area contributed by atoms with Gasteiger partial charge in [0.2, 0.25) is 0 Å². The molecule has 84 valence electrons. The number of benzene rings is 2. The topological polar surface area (TPSA) is 28.7 Å². The molecule has 0 bridgehead atoms. The molecule has 0 spiro atoms. The lowest BCUT2D eigenvalue weighted by Gasteiger charge is -1.99. The second kappa shape index (κ2) is 3.70. The summed E-state index contributed by atoms with van der Waals surface area (Å²) in [4.78, 5) is 7.63. The maximum absolute atomic E-state index is 13.3. The zero-order chi connectivity index (χ0) is 11.8. The molecule has 0 saturated heterocycles. The predicted molar refractivity (Wildman–Crippen MR) is 66.2 cm³/mol. The number of rotatable bonds is 1. The van der Waals surface area contributed by atoms with Crippen LogP contribution in [0.2, 0.25) is 0 Å². The van der Waals surface area contributed by atoms with E-state index in [1.807, 2.05) is 37.3 Å². The number of imidazole rings is 1. The van der Waals surface area contributed by atoms with Crippen LogP contribution < -0.4 is 0 Å². The lowest BCUT2D eigenvalue weighted by Crippen LogP contribution is -1.84. The molecule has 0 saturated carbocycles. The van der Waals surface area contributed by atoms with Crippen molar-refractivity contribution in [2.75, 3.05) is 0 Å². The summed E-state index contributed by atoms with van der Waals surface area (Å²) in [5.41, 5.74) is 3.52. The van der Waals surface area contributed by atoms with Crippen LogP contribution in [0, 0.1) is 12.7 Å². The van der Waals surface area contributed by atoms with Crippen molar-refractivity contribution in [1.82, 2.24) is 9.97 Å². The monoisotopic (exact) mass is 226 g/mol. The van der Waals surface area contributed by atoms with E-state index in [9.17, 15) is 4.39 Å². The van der Waals surface area contributed by atoms with Gasteiger partial charge in [-0.25, -0.2) is 9.37 Å². The molecule has 0 aliphatic rings. The first-order valence-corrected chi connectivity index (χ1v) is 5.45. The first-order valence-electron chi connectivity index (χ1n) is 5.45. The molecule has 2 nitrogen and oxygen atoms in total. The van der Waals surface area contributed by atoms with Crippen molar-refractivity contribution in [1.29, 1.82) is 0 Å². The Labute approximate surface area is 98.1 Å². The fourth-order valence-corrected chi connectivity index (χ4v) is 1.96. The summed E-state index contributed by atoms with van der Waals surface area (Å²) in [5, 5.41) is 0. The highest BCUT2D eigenvalue weighted by Crippen LogP contribution is 2.22. The zero-order valence-electron chi connectivity index (χ0n) is 9.37. The zero-order valence-corrected chi connectivity index (χ0v) is 9.37. The van der Waals surface area contributed by atoms with Crippen molar-refractivity contribution in [3.63, 3.8) is 0 Å². The van der Waals surface area contributed by atoms with Crippen LogP contribution in [0.4, 0.5) is 4.39 Å². The number of H-pyrrole nitrogens is 1. The van der Waals surface area contributed by atoms with Crippen LogP contribution in [0.15, 0.2) is 42.5 Å². The molecule has 0 amide bonds. The molecule has 3 aromatic rings. The van der Waals surface area contributed by atoms with Gasteiger partial charge in [-0.3, -0.25) is 0 Å². The molecule has 17 heavy (non-hydrogen) atoms.